The number of aliphatic hydroxyl groups excluding tert-OH is 1. The van der Waals surface area contributed by atoms with Gasteiger partial charge in [-0.15, -0.1) is 0 Å². The third-order valence-corrected chi connectivity index (χ3v) is 3.04. The third-order valence-electron chi connectivity index (χ3n) is 2.04. The quantitative estimate of drug-likeness (QED) is 0.716. The van der Waals surface area contributed by atoms with Gasteiger partial charge in [0.2, 0.25) is 0 Å². The third kappa shape index (κ3) is 2.18. The van der Waals surface area contributed by atoms with Gasteiger partial charge in [-0.05, 0) is 13.8 Å². The summed E-state index contributed by atoms with van der Waals surface area (Å²) >= 11 is 1.20. The van der Waals surface area contributed by atoms with Crippen molar-refractivity contribution in [1.82, 2.24) is 4.57 Å². The van der Waals surface area contributed by atoms with E-state index in [1.165, 1.54) is 11.3 Å². The van der Waals surface area contributed by atoms with Crippen molar-refractivity contribution in [3.05, 3.63) is 20.2 Å². The van der Waals surface area contributed by atoms with Crippen LogP contribution in [0.1, 0.15) is 10.6 Å². The number of aliphatic hydroxyl groups is 1. The Balaban J connectivity index is 2.94. The van der Waals surface area contributed by atoms with Gasteiger partial charge in [0.1, 0.15) is 0 Å². The Labute approximate surface area is 80.6 Å². The summed E-state index contributed by atoms with van der Waals surface area (Å²) < 4.78 is 1.57. The molecule has 0 bridgehead atoms. The van der Waals surface area contributed by atoms with E-state index in [1.54, 1.807) is 4.57 Å². The molecule has 0 saturated heterocycles. The van der Waals surface area contributed by atoms with Gasteiger partial charge in [0.15, 0.2) is 0 Å². The molecule has 1 rings (SSSR count). The molecule has 0 aliphatic rings. The SMILES string of the molecule is Cc1sc(=O)n(C[C@@H](O)CN)c1C. The van der Waals surface area contributed by atoms with Crippen LogP contribution in [0.4, 0.5) is 0 Å². The van der Waals surface area contributed by atoms with Gasteiger partial charge in [-0.25, -0.2) is 0 Å². The highest BCUT2D eigenvalue weighted by molar-refractivity contribution is 7.09. The first kappa shape index (κ1) is 10.4. The summed E-state index contributed by atoms with van der Waals surface area (Å²) in [5.41, 5.74) is 6.18. The highest BCUT2D eigenvalue weighted by Gasteiger charge is 2.10. The van der Waals surface area contributed by atoms with Gasteiger partial charge >= 0.3 is 4.87 Å². The molecule has 5 heteroatoms. The van der Waals surface area contributed by atoms with Crippen molar-refractivity contribution < 1.29 is 5.11 Å². The Hall–Kier alpha value is -0.650. The van der Waals surface area contributed by atoms with Crippen LogP contribution in [-0.4, -0.2) is 22.3 Å². The Morgan fingerprint density at radius 3 is 2.62 bits per heavy atom. The maximum absolute atomic E-state index is 11.3. The number of rotatable bonds is 3. The first-order chi connectivity index (χ1) is 6.06. The van der Waals surface area contributed by atoms with Crippen LogP contribution in [0.15, 0.2) is 4.79 Å². The number of nitrogens with zero attached hydrogens (tertiary/aromatic N) is 1. The Bertz CT molecular complexity index is 342. The van der Waals surface area contributed by atoms with E-state index in [2.05, 4.69) is 0 Å². The molecule has 13 heavy (non-hydrogen) atoms. The fourth-order valence-electron chi connectivity index (χ4n) is 1.08. The van der Waals surface area contributed by atoms with Gasteiger partial charge in [0.25, 0.3) is 0 Å². The van der Waals surface area contributed by atoms with Gasteiger partial charge in [0.05, 0.1) is 12.6 Å². The maximum Gasteiger partial charge on any atom is 0.307 e. The van der Waals surface area contributed by atoms with Crippen LogP contribution in [0.5, 0.6) is 0 Å². The van der Waals surface area contributed by atoms with Crippen molar-refractivity contribution in [3.8, 4) is 0 Å². The number of hydrogen-bond donors (Lipinski definition) is 2. The molecule has 3 N–H and O–H groups in total. The minimum atomic E-state index is -0.634. The van der Waals surface area contributed by atoms with Crippen LogP contribution in [0.25, 0.3) is 0 Å². The summed E-state index contributed by atoms with van der Waals surface area (Å²) in [5.74, 6) is 0. The van der Waals surface area contributed by atoms with Gasteiger partial charge in [-0.1, -0.05) is 11.3 Å². The smallest absolute Gasteiger partial charge is 0.307 e. The van der Waals surface area contributed by atoms with E-state index in [9.17, 15) is 9.90 Å². The van der Waals surface area contributed by atoms with Crippen LogP contribution in [-0.2, 0) is 6.54 Å². The second-order valence-electron chi connectivity index (χ2n) is 3.01. The van der Waals surface area contributed by atoms with Gasteiger partial charge in [-0.3, -0.25) is 4.79 Å². The lowest BCUT2D eigenvalue weighted by atomic mass is 10.3. The Morgan fingerprint density at radius 1 is 1.62 bits per heavy atom. The molecule has 1 aromatic heterocycles. The maximum atomic E-state index is 11.3. The largest absolute Gasteiger partial charge is 0.390 e. The molecule has 4 nitrogen and oxygen atoms in total. The molecule has 0 aromatic carbocycles. The molecule has 0 amide bonds. The van der Waals surface area contributed by atoms with E-state index in [1.807, 2.05) is 13.8 Å². The number of nitrogens with two attached hydrogens (primary N) is 1. The number of thiazole rings is 1. The van der Waals surface area contributed by atoms with E-state index in [-0.39, 0.29) is 11.4 Å². The van der Waals surface area contributed by atoms with E-state index < -0.39 is 6.10 Å². The molecule has 0 saturated carbocycles. The molecule has 0 aliphatic heterocycles. The van der Waals surface area contributed by atoms with E-state index in [0.29, 0.717) is 6.54 Å². The van der Waals surface area contributed by atoms with Gasteiger partial charge in [0, 0.05) is 17.1 Å². The first-order valence-electron chi connectivity index (χ1n) is 4.11. The Kier molecular flexibility index (Phi) is 3.24. The highest BCUT2D eigenvalue weighted by Crippen LogP contribution is 2.09. The lowest BCUT2D eigenvalue weighted by Crippen LogP contribution is -2.29. The van der Waals surface area contributed by atoms with E-state index in [0.717, 1.165) is 10.6 Å². The van der Waals surface area contributed by atoms with Crippen molar-refractivity contribution in [3.63, 3.8) is 0 Å². The highest BCUT2D eigenvalue weighted by atomic mass is 32.1. The summed E-state index contributed by atoms with van der Waals surface area (Å²) in [4.78, 5) is 12.3. The zero-order chi connectivity index (χ0) is 10.0. The predicted molar refractivity (Wildman–Crippen MR) is 53.1 cm³/mol. The Morgan fingerprint density at radius 2 is 2.23 bits per heavy atom. The number of aromatic nitrogens is 1. The molecule has 0 radical (unpaired) electrons. The molecule has 1 aromatic rings. The molecule has 0 fully saturated rings. The zero-order valence-corrected chi connectivity index (χ0v) is 8.60. The van der Waals surface area contributed by atoms with Crippen LogP contribution in [0.2, 0.25) is 0 Å². The molecule has 1 atom stereocenters. The molecule has 0 aliphatic carbocycles. The molecular formula is C8H14N2O2S. The van der Waals surface area contributed by atoms with Crippen LogP contribution in [0, 0.1) is 13.8 Å². The van der Waals surface area contributed by atoms with Crippen molar-refractivity contribution in [2.24, 2.45) is 5.73 Å². The summed E-state index contributed by atoms with van der Waals surface area (Å²) in [6, 6.07) is 0. The number of hydrogen-bond acceptors (Lipinski definition) is 4. The minimum Gasteiger partial charge on any atom is -0.390 e. The lowest BCUT2D eigenvalue weighted by Gasteiger charge is -2.09. The standard InChI is InChI=1S/C8H14N2O2S/c1-5-6(2)13-8(12)10(5)4-7(11)3-9/h7,11H,3-4,9H2,1-2H3/t7-/m0/s1. The molecule has 0 unspecified atom stereocenters. The fourth-order valence-corrected chi connectivity index (χ4v) is 1.93. The molecule has 74 valence electrons. The lowest BCUT2D eigenvalue weighted by molar-refractivity contribution is 0.160. The van der Waals surface area contributed by atoms with E-state index in [4.69, 9.17) is 5.73 Å². The normalized spacial score (nSPS) is 13.2. The van der Waals surface area contributed by atoms with Crippen LogP contribution in [0.3, 0.4) is 0 Å². The second kappa shape index (κ2) is 4.04. The second-order valence-corrected chi connectivity index (χ2v) is 4.18. The van der Waals surface area contributed by atoms with Gasteiger partial charge < -0.3 is 15.4 Å². The predicted octanol–water partition coefficient (Wildman–Crippen LogP) is -0.154. The fraction of sp³-hybridized carbons (Fsp3) is 0.625. The topological polar surface area (TPSA) is 68.2 Å². The zero-order valence-electron chi connectivity index (χ0n) is 7.78. The van der Waals surface area contributed by atoms with Gasteiger partial charge in [-0.2, -0.15) is 0 Å². The average molecular weight is 202 g/mol. The summed E-state index contributed by atoms with van der Waals surface area (Å²) in [6.07, 6.45) is -0.634. The average Bonchev–Trinajstić information content (AvgIpc) is 2.32. The van der Waals surface area contributed by atoms with E-state index >= 15 is 0 Å². The van der Waals surface area contributed by atoms with Crippen molar-refractivity contribution in [2.75, 3.05) is 6.54 Å². The first-order valence-corrected chi connectivity index (χ1v) is 4.93. The molecular weight excluding hydrogens is 188 g/mol. The van der Waals surface area contributed by atoms with Crippen molar-refractivity contribution in [2.45, 2.75) is 26.5 Å². The molecule has 1 heterocycles. The molecule has 0 spiro atoms. The van der Waals surface area contributed by atoms with Crippen molar-refractivity contribution in [1.29, 1.82) is 0 Å². The monoisotopic (exact) mass is 202 g/mol. The van der Waals surface area contributed by atoms with Crippen molar-refractivity contribution >= 4 is 11.3 Å². The number of aryl methyl sites for hydroxylation is 1. The van der Waals surface area contributed by atoms with Crippen LogP contribution >= 0.6 is 11.3 Å². The van der Waals surface area contributed by atoms with Crippen LogP contribution < -0.4 is 10.6 Å². The summed E-state index contributed by atoms with van der Waals surface area (Å²) in [6.45, 7) is 4.25. The summed E-state index contributed by atoms with van der Waals surface area (Å²) in [7, 11) is 0. The minimum absolute atomic E-state index is 0.0255. The summed E-state index contributed by atoms with van der Waals surface area (Å²) in [5, 5.41) is 9.29.